The number of hydrogen-bond acceptors (Lipinski definition) is 2. The third kappa shape index (κ3) is 4.46. The minimum absolute atomic E-state index is 0.115. The summed E-state index contributed by atoms with van der Waals surface area (Å²) in [6.07, 6.45) is 0.124. The topological polar surface area (TPSA) is 38.3 Å². The molecule has 110 valence electrons. The molecule has 0 heterocycles. The third-order valence-electron chi connectivity index (χ3n) is 2.92. The Bertz CT molecular complexity index is 636. The molecule has 3 nitrogen and oxygen atoms in total. The number of aryl methyl sites for hydroxylation is 1. The number of ether oxygens (including phenoxy) is 1. The van der Waals surface area contributed by atoms with E-state index in [1.165, 1.54) is 0 Å². The largest absolute Gasteiger partial charge is 0.491 e. The van der Waals surface area contributed by atoms with Crippen LogP contribution in [0.3, 0.4) is 0 Å². The van der Waals surface area contributed by atoms with Crippen molar-refractivity contribution in [1.82, 2.24) is 0 Å². The van der Waals surface area contributed by atoms with Gasteiger partial charge in [0.2, 0.25) is 0 Å². The van der Waals surface area contributed by atoms with Crippen LogP contribution in [0.2, 0.25) is 0 Å². The molecule has 0 saturated heterocycles. The van der Waals surface area contributed by atoms with Crippen molar-refractivity contribution in [1.29, 1.82) is 0 Å². The first-order chi connectivity index (χ1) is 9.95. The number of rotatable bonds is 4. The zero-order valence-electron chi connectivity index (χ0n) is 12.3. The van der Waals surface area contributed by atoms with Gasteiger partial charge in [0.05, 0.1) is 6.10 Å². The number of halogens is 1. The van der Waals surface area contributed by atoms with E-state index in [2.05, 4.69) is 27.9 Å². The maximum Gasteiger partial charge on any atom is 0.255 e. The molecule has 0 aliphatic carbocycles. The summed E-state index contributed by atoms with van der Waals surface area (Å²) in [6.45, 7) is 5.93. The molecule has 0 aromatic heterocycles. The first kappa shape index (κ1) is 15.8. The molecule has 0 fully saturated rings. The summed E-state index contributed by atoms with van der Waals surface area (Å²) in [7, 11) is 0. The second-order valence-corrected chi connectivity index (χ2v) is 6.35. The van der Waals surface area contributed by atoms with Gasteiger partial charge in [-0.25, -0.2) is 0 Å². The fraction of sp³-hybridized carbons (Fsp3) is 0.235. The maximum atomic E-state index is 12.2. The second kappa shape index (κ2) is 6.93. The van der Waals surface area contributed by atoms with Crippen molar-refractivity contribution in [2.45, 2.75) is 26.9 Å². The standard InChI is InChI=1S/C17H18INO2/c1-11(2)21-15-7-4-13(5-8-15)17(20)19-16-9-6-14(18)10-12(16)3/h4-11H,1-3H3,(H,19,20). The minimum Gasteiger partial charge on any atom is -0.491 e. The molecule has 0 unspecified atom stereocenters. The van der Waals surface area contributed by atoms with E-state index < -0.39 is 0 Å². The summed E-state index contributed by atoms with van der Waals surface area (Å²) >= 11 is 2.25. The van der Waals surface area contributed by atoms with E-state index in [9.17, 15) is 4.79 Å². The van der Waals surface area contributed by atoms with E-state index >= 15 is 0 Å². The van der Waals surface area contributed by atoms with E-state index in [1.54, 1.807) is 12.1 Å². The summed E-state index contributed by atoms with van der Waals surface area (Å²) in [5.41, 5.74) is 2.50. The van der Waals surface area contributed by atoms with Crippen LogP contribution in [0.4, 0.5) is 5.69 Å². The van der Waals surface area contributed by atoms with Crippen LogP contribution in [-0.4, -0.2) is 12.0 Å². The first-order valence-corrected chi connectivity index (χ1v) is 7.88. The Morgan fingerprint density at radius 1 is 1.14 bits per heavy atom. The van der Waals surface area contributed by atoms with Crippen molar-refractivity contribution in [3.05, 3.63) is 57.2 Å². The quantitative estimate of drug-likeness (QED) is 0.767. The third-order valence-corrected chi connectivity index (χ3v) is 3.60. The zero-order chi connectivity index (χ0) is 15.4. The van der Waals surface area contributed by atoms with Crippen molar-refractivity contribution < 1.29 is 9.53 Å². The predicted molar refractivity (Wildman–Crippen MR) is 94.1 cm³/mol. The number of anilines is 1. The molecule has 0 bridgehead atoms. The van der Waals surface area contributed by atoms with Gasteiger partial charge in [-0.1, -0.05) is 0 Å². The highest BCUT2D eigenvalue weighted by Crippen LogP contribution is 2.19. The molecular formula is C17H18INO2. The molecule has 1 amide bonds. The van der Waals surface area contributed by atoms with E-state index in [0.717, 1.165) is 20.6 Å². The lowest BCUT2D eigenvalue weighted by atomic mass is 10.1. The number of hydrogen-bond donors (Lipinski definition) is 1. The lowest BCUT2D eigenvalue weighted by Gasteiger charge is -2.11. The Morgan fingerprint density at radius 3 is 2.38 bits per heavy atom. The Morgan fingerprint density at radius 2 is 1.81 bits per heavy atom. The summed E-state index contributed by atoms with van der Waals surface area (Å²) in [5, 5.41) is 2.93. The summed E-state index contributed by atoms with van der Waals surface area (Å²) in [4.78, 5) is 12.2. The van der Waals surface area contributed by atoms with E-state index in [4.69, 9.17) is 4.74 Å². The molecule has 0 aliphatic heterocycles. The highest BCUT2D eigenvalue weighted by molar-refractivity contribution is 14.1. The molecule has 0 radical (unpaired) electrons. The molecule has 21 heavy (non-hydrogen) atoms. The van der Waals surface area contributed by atoms with Gasteiger partial charge in [-0.2, -0.15) is 0 Å². The van der Waals surface area contributed by atoms with Crippen LogP contribution in [0, 0.1) is 10.5 Å². The molecule has 2 rings (SSSR count). The Balaban J connectivity index is 2.09. The summed E-state index contributed by atoms with van der Waals surface area (Å²) in [5.74, 6) is 0.655. The van der Waals surface area contributed by atoms with Gasteiger partial charge in [-0.3, -0.25) is 4.79 Å². The van der Waals surface area contributed by atoms with Gasteiger partial charge in [-0.15, -0.1) is 0 Å². The fourth-order valence-corrected chi connectivity index (χ4v) is 2.57. The molecule has 2 aromatic carbocycles. The fourth-order valence-electron chi connectivity index (χ4n) is 1.92. The van der Waals surface area contributed by atoms with Crippen molar-refractivity contribution in [3.63, 3.8) is 0 Å². The van der Waals surface area contributed by atoms with E-state index in [1.807, 2.05) is 51.1 Å². The first-order valence-electron chi connectivity index (χ1n) is 6.80. The number of benzene rings is 2. The van der Waals surface area contributed by atoms with Crippen molar-refractivity contribution in [3.8, 4) is 5.75 Å². The maximum absolute atomic E-state index is 12.2. The van der Waals surface area contributed by atoms with Gasteiger partial charge in [0.25, 0.3) is 5.91 Å². The Labute approximate surface area is 138 Å². The molecule has 0 saturated carbocycles. The van der Waals surface area contributed by atoms with Gasteiger partial charge >= 0.3 is 0 Å². The smallest absolute Gasteiger partial charge is 0.255 e. The molecule has 4 heteroatoms. The monoisotopic (exact) mass is 395 g/mol. The molecule has 0 spiro atoms. The molecule has 2 aromatic rings. The van der Waals surface area contributed by atoms with E-state index in [-0.39, 0.29) is 12.0 Å². The van der Waals surface area contributed by atoms with Gasteiger partial charge in [0.1, 0.15) is 5.75 Å². The van der Waals surface area contributed by atoms with Crippen molar-refractivity contribution >= 4 is 34.2 Å². The number of amides is 1. The Kier molecular flexibility index (Phi) is 5.22. The van der Waals surface area contributed by atoms with Crippen molar-refractivity contribution in [2.24, 2.45) is 0 Å². The summed E-state index contributed by atoms with van der Waals surface area (Å²) in [6, 6.07) is 13.1. The van der Waals surface area contributed by atoms with Crippen LogP contribution in [0.1, 0.15) is 29.8 Å². The lowest BCUT2D eigenvalue weighted by molar-refractivity contribution is 0.102. The highest BCUT2D eigenvalue weighted by Gasteiger charge is 2.08. The Hall–Kier alpha value is -1.56. The zero-order valence-corrected chi connectivity index (χ0v) is 14.5. The van der Waals surface area contributed by atoms with E-state index in [0.29, 0.717) is 5.56 Å². The predicted octanol–water partition coefficient (Wildman–Crippen LogP) is 4.64. The van der Waals surface area contributed by atoms with Crippen LogP contribution in [-0.2, 0) is 0 Å². The second-order valence-electron chi connectivity index (χ2n) is 5.10. The van der Waals surface area contributed by atoms with Gasteiger partial charge in [0.15, 0.2) is 0 Å². The minimum atomic E-state index is -0.115. The van der Waals surface area contributed by atoms with Crippen LogP contribution in [0.5, 0.6) is 5.75 Å². The summed E-state index contributed by atoms with van der Waals surface area (Å²) < 4.78 is 6.72. The van der Waals surface area contributed by atoms with Crippen LogP contribution in [0.15, 0.2) is 42.5 Å². The van der Waals surface area contributed by atoms with Crippen LogP contribution in [0.25, 0.3) is 0 Å². The number of nitrogens with one attached hydrogen (secondary N) is 1. The van der Waals surface area contributed by atoms with Crippen molar-refractivity contribution in [2.75, 3.05) is 5.32 Å². The SMILES string of the molecule is Cc1cc(I)ccc1NC(=O)c1ccc(OC(C)C)cc1. The normalized spacial score (nSPS) is 10.5. The number of carbonyl (C=O) groups is 1. The van der Waals surface area contributed by atoms with Gasteiger partial charge in [-0.05, 0) is 91.4 Å². The van der Waals surface area contributed by atoms with Gasteiger partial charge < -0.3 is 10.1 Å². The highest BCUT2D eigenvalue weighted by atomic mass is 127. The molecule has 0 atom stereocenters. The molecular weight excluding hydrogens is 377 g/mol. The van der Waals surface area contributed by atoms with Crippen LogP contribution >= 0.6 is 22.6 Å². The van der Waals surface area contributed by atoms with Crippen LogP contribution < -0.4 is 10.1 Å². The average Bonchev–Trinajstić information content (AvgIpc) is 2.42. The molecule has 0 aliphatic rings. The lowest BCUT2D eigenvalue weighted by Crippen LogP contribution is -2.13. The average molecular weight is 395 g/mol. The molecule has 1 N–H and O–H groups in total. The number of carbonyl (C=O) groups excluding carboxylic acids is 1. The van der Waals surface area contributed by atoms with Gasteiger partial charge in [0, 0.05) is 14.8 Å².